The molecule has 0 aliphatic heterocycles. The van der Waals surface area contributed by atoms with Gasteiger partial charge in [-0.05, 0) is 24.1 Å². The van der Waals surface area contributed by atoms with E-state index in [2.05, 4.69) is 25.5 Å². The summed E-state index contributed by atoms with van der Waals surface area (Å²) in [6.45, 7) is 0. The van der Waals surface area contributed by atoms with Crippen molar-refractivity contribution in [1.29, 1.82) is 0 Å². The first kappa shape index (κ1) is 17.0. The van der Waals surface area contributed by atoms with Crippen molar-refractivity contribution in [3.05, 3.63) is 58.9 Å². The number of amides is 1. The number of halogens is 3. The minimum Gasteiger partial charge on any atom is -0.293 e. The number of benzene rings is 1. The van der Waals surface area contributed by atoms with Gasteiger partial charge in [0.2, 0.25) is 11.9 Å². The van der Waals surface area contributed by atoms with Gasteiger partial charge in [-0.15, -0.1) is 5.10 Å². The van der Waals surface area contributed by atoms with Crippen LogP contribution in [0.5, 0.6) is 0 Å². The summed E-state index contributed by atoms with van der Waals surface area (Å²) in [6.07, 6.45) is 2.44. The van der Waals surface area contributed by atoms with Crippen LogP contribution in [0, 0.1) is 11.6 Å². The summed E-state index contributed by atoms with van der Waals surface area (Å²) in [6, 6.07) is 7.15. The number of pyridine rings is 1. The van der Waals surface area contributed by atoms with Gasteiger partial charge in [0.25, 0.3) is 0 Å². The minimum absolute atomic E-state index is 0.0632. The molecule has 6 nitrogen and oxygen atoms in total. The summed E-state index contributed by atoms with van der Waals surface area (Å²) >= 11 is 5.80. The first-order valence-corrected chi connectivity index (χ1v) is 7.67. The Labute approximate surface area is 146 Å². The van der Waals surface area contributed by atoms with Crippen LogP contribution in [-0.2, 0) is 11.2 Å². The van der Waals surface area contributed by atoms with Gasteiger partial charge >= 0.3 is 0 Å². The van der Waals surface area contributed by atoms with Gasteiger partial charge in [-0.1, -0.05) is 23.7 Å². The highest BCUT2D eigenvalue weighted by Gasteiger charge is 2.16. The molecule has 3 rings (SSSR count). The highest BCUT2D eigenvalue weighted by atomic mass is 35.5. The Morgan fingerprint density at radius 1 is 1.16 bits per heavy atom. The molecule has 1 aromatic carbocycles. The highest BCUT2D eigenvalue weighted by molar-refractivity contribution is 6.30. The Hall–Kier alpha value is -2.87. The fourth-order valence-corrected chi connectivity index (χ4v) is 2.29. The van der Waals surface area contributed by atoms with Gasteiger partial charge < -0.3 is 0 Å². The van der Waals surface area contributed by atoms with E-state index in [1.165, 1.54) is 0 Å². The zero-order valence-corrected chi connectivity index (χ0v) is 13.5. The van der Waals surface area contributed by atoms with E-state index in [4.69, 9.17) is 11.6 Å². The molecule has 9 heteroatoms. The van der Waals surface area contributed by atoms with E-state index < -0.39 is 11.6 Å². The Balaban J connectivity index is 1.63. The predicted octanol–water partition coefficient (Wildman–Crippen LogP) is 3.37. The summed E-state index contributed by atoms with van der Waals surface area (Å²) in [5.74, 6) is -2.28. The van der Waals surface area contributed by atoms with Crippen molar-refractivity contribution in [2.75, 3.05) is 5.32 Å². The van der Waals surface area contributed by atoms with Crippen molar-refractivity contribution < 1.29 is 13.6 Å². The monoisotopic (exact) mass is 363 g/mol. The van der Waals surface area contributed by atoms with E-state index in [-0.39, 0.29) is 29.7 Å². The number of aromatic nitrogens is 4. The molecule has 2 N–H and O–H groups in total. The number of hydrogen-bond donors (Lipinski definition) is 2. The number of carbonyl (C=O) groups is 1. The van der Waals surface area contributed by atoms with Crippen molar-refractivity contribution >= 4 is 23.5 Å². The third kappa shape index (κ3) is 4.16. The van der Waals surface area contributed by atoms with E-state index in [0.717, 1.165) is 18.0 Å². The van der Waals surface area contributed by atoms with Gasteiger partial charge in [-0.25, -0.2) is 8.78 Å². The van der Waals surface area contributed by atoms with Gasteiger partial charge in [0.1, 0.15) is 0 Å². The lowest BCUT2D eigenvalue weighted by Crippen LogP contribution is -2.13. The molecule has 3 aromatic rings. The molecule has 0 radical (unpaired) electrons. The van der Waals surface area contributed by atoms with E-state index in [1.807, 2.05) is 12.1 Å². The quantitative estimate of drug-likeness (QED) is 0.728. The zero-order valence-electron chi connectivity index (χ0n) is 12.8. The standard InChI is InChI=1S/C16H12ClF2N5O/c17-10-4-1-9(2-5-10)3-6-13(25)21-16-22-15(23-24-16)14-11(18)7-20-8-12(14)19/h1-2,4-5,7-8H,3,6H2,(H2,21,22,23,24,25). The molecule has 0 aliphatic carbocycles. The van der Waals surface area contributed by atoms with Crippen molar-refractivity contribution in [1.82, 2.24) is 20.2 Å². The molecule has 2 aromatic heterocycles. The number of hydrogen-bond acceptors (Lipinski definition) is 4. The number of carbonyl (C=O) groups excluding carboxylic acids is 1. The molecule has 1 amide bonds. The third-order valence-corrected chi connectivity index (χ3v) is 3.63. The molecule has 0 bridgehead atoms. The van der Waals surface area contributed by atoms with Crippen LogP contribution in [0.3, 0.4) is 0 Å². The Morgan fingerprint density at radius 2 is 1.84 bits per heavy atom. The largest absolute Gasteiger partial charge is 0.293 e. The fourth-order valence-electron chi connectivity index (χ4n) is 2.16. The van der Waals surface area contributed by atoms with Crippen LogP contribution < -0.4 is 5.32 Å². The lowest BCUT2D eigenvalue weighted by Gasteiger charge is -2.02. The molecule has 0 atom stereocenters. The second-order valence-electron chi connectivity index (χ2n) is 5.16. The Bertz CT molecular complexity index is 878. The molecule has 0 fully saturated rings. The summed E-state index contributed by atoms with van der Waals surface area (Å²) in [4.78, 5) is 19.2. The van der Waals surface area contributed by atoms with Crippen molar-refractivity contribution in [2.45, 2.75) is 12.8 Å². The van der Waals surface area contributed by atoms with Crippen molar-refractivity contribution in [2.24, 2.45) is 0 Å². The molecule has 128 valence electrons. The Kier molecular flexibility index (Phi) is 4.99. The lowest BCUT2D eigenvalue weighted by molar-refractivity contribution is -0.116. The lowest BCUT2D eigenvalue weighted by atomic mass is 10.1. The van der Waals surface area contributed by atoms with E-state index in [1.54, 1.807) is 12.1 Å². The zero-order chi connectivity index (χ0) is 17.8. The first-order chi connectivity index (χ1) is 12.0. The van der Waals surface area contributed by atoms with E-state index in [9.17, 15) is 13.6 Å². The van der Waals surface area contributed by atoms with Gasteiger partial charge in [-0.3, -0.25) is 20.2 Å². The average molecular weight is 364 g/mol. The maximum atomic E-state index is 13.7. The number of H-pyrrole nitrogens is 1. The van der Waals surface area contributed by atoms with Crippen LogP contribution in [0.1, 0.15) is 12.0 Å². The molecule has 0 aliphatic rings. The number of nitrogens with zero attached hydrogens (tertiary/aromatic N) is 3. The molecule has 2 heterocycles. The normalized spacial score (nSPS) is 10.7. The molecular weight excluding hydrogens is 352 g/mol. The second kappa shape index (κ2) is 7.35. The van der Waals surface area contributed by atoms with E-state index >= 15 is 0 Å². The average Bonchev–Trinajstić information content (AvgIpc) is 3.02. The van der Waals surface area contributed by atoms with Crippen LogP contribution in [-0.4, -0.2) is 26.1 Å². The summed E-state index contributed by atoms with van der Waals surface area (Å²) < 4.78 is 27.3. The number of anilines is 1. The highest BCUT2D eigenvalue weighted by Crippen LogP contribution is 2.22. The molecule has 25 heavy (non-hydrogen) atoms. The summed E-state index contributed by atoms with van der Waals surface area (Å²) in [5, 5.41) is 9.23. The van der Waals surface area contributed by atoms with Gasteiger partial charge in [0.05, 0.1) is 18.0 Å². The van der Waals surface area contributed by atoms with Gasteiger partial charge in [0, 0.05) is 11.4 Å². The van der Waals surface area contributed by atoms with Gasteiger partial charge in [0.15, 0.2) is 17.5 Å². The van der Waals surface area contributed by atoms with Crippen molar-refractivity contribution in [3.63, 3.8) is 0 Å². The fraction of sp³-hybridized carbons (Fsp3) is 0.125. The maximum Gasteiger partial charge on any atom is 0.249 e. The second-order valence-corrected chi connectivity index (χ2v) is 5.60. The van der Waals surface area contributed by atoms with Crippen LogP contribution in [0.25, 0.3) is 11.4 Å². The third-order valence-electron chi connectivity index (χ3n) is 3.38. The van der Waals surface area contributed by atoms with Gasteiger partial charge in [-0.2, -0.15) is 4.98 Å². The van der Waals surface area contributed by atoms with Crippen LogP contribution in [0.4, 0.5) is 14.7 Å². The van der Waals surface area contributed by atoms with E-state index in [0.29, 0.717) is 11.4 Å². The minimum atomic E-state index is -0.878. The predicted molar refractivity (Wildman–Crippen MR) is 87.9 cm³/mol. The first-order valence-electron chi connectivity index (χ1n) is 7.29. The maximum absolute atomic E-state index is 13.7. The smallest absolute Gasteiger partial charge is 0.249 e. The topological polar surface area (TPSA) is 83.6 Å². The number of rotatable bonds is 5. The SMILES string of the molecule is O=C(CCc1ccc(Cl)cc1)Nc1n[nH]c(-c2c(F)cncc2F)n1. The summed E-state index contributed by atoms with van der Waals surface area (Å²) in [5.41, 5.74) is 0.570. The molecule has 0 saturated carbocycles. The number of aryl methyl sites for hydroxylation is 1. The van der Waals surface area contributed by atoms with Crippen LogP contribution in [0.15, 0.2) is 36.7 Å². The number of aromatic amines is 1. The van der Waals surface area contributed by atoms with Crippen molar-refractivity contribution in [3.8, 4) is 11.4 Å². The Morgan fingerprint density at radius 3 is 2.52 bits per heavy atom. The molecule has 0 unspecified atom stereocenters. The summed E-state index contributed by atoms with van der Waals surface area (Å²) in [7, 11) is 0. The number of nitrogens with one attached hydrogen (secondary N) is 2. The van der Waals surface area contributed by atoms with Crippen LogP contribution >= 0.6 is 11.6 Å². The van der Waals surface area contributed by atoms with Crippen LogP contribution in [0.2, 0.25) is 5.02 Å². The molecule has 0 saturated heterocycles. The molecule has 0 spiro atoms. The molecular formula is C16H12ClF2N5O.